The van der Waals surface area contributed by atoms with Crippen LogP contribution in [0.3, 0.4) is 0 Å². The van der Waals surface area contributed by atoms with Gasteiger partial charge in [-0.2, -0.15) is 0 Å². The van der Waals surface area contributed by atoms with Crippen LogP contribution in [0.1, 0.15) is 43.2 Å². The molecule has 1 amide bonds. The van der Waals surface area contributed by atoms with Crippen LogP contribution in [0, 0.1) is 0 Å². The Kier molecular flexibility index (Phi) is 3.99. The second-order valence-corrected chi connectivity index (χ2v) is 6.79. The number of carbonyl (C=O) groups is 2. The Balaban J connectivity index is 1.57. The Morgan fingerprint density at radius 2 is 2.04 bits per heavy atom. The summed E-state index contributed by atoms with van der Waals surface area (Å²) in [5.41, 5.74) is 2.18. The first kappa shape index (κ1) is 15.8. The van der Waals surface area contributed by atoms with Crippen molar-refractivity contribution in [1.29, 1.82) is 0 Å². The van der Waals surface area contributed by atoms with E-state index in [1.807, 2.05) is 24.3 Å². The van der Waals surface area contributed by atoms with E-state index in [1.165, 1.54) is 0 Å². The van der Waals surface area contributed by atoms with E-state index in [2.05, 4.69) is 10.3 Å². The quantitative estimate of drug-likeness (QED) is 0.689. The summed E-state index contributed by atoms with van der Waals surface area (Å²) < 4.78 is 5.73. The molecule has 0 unspecified atom stereocenters. The van der Waals surface area contributed by atoms with E-state index in [1.54, 1.807) is 18.5 Å². The molecule has 0 bridgehead atoms. The van der Waals surface area contributed by atoms with Gasteiger partial charge >= 0.3 is 5.97 Å². The molecule has 0 radical (unpaired) electrons. The lowest BCUT2D eigenvalue weighted by molar-refractivity contribution is -0.144. The van der Waals surface area contributed by atoms with Gasteiger partial charge in [-0.3, -0.25) is 14.6 Å². The standard InChI is InChI=1S/C20H20N2O3/c23-18-6-1-4-14-12-16(7-8-17(14)22-18)25-19(24)20(9-3-10-20)15-5-2-11-21-13-15/h2,5,7-8,11-13H,1,3-4,6,9-10H2,(H,22,23). The number of fused-ring (bicyclic) bond motifs is 1. The smallest absolute Gasteiger partial charge is 0.322 e. The highest BCUT2D eigenvalue weighted by atomic mass is 16.5. The molecule has 5 nitrogen and oxygen atoms in total. The Labute approximate surface area is 146 Å². The van der Waals surface area contributed by atoms with Crippen LogP contribution in [0.4, 0.5) is 5.69 Å². The van der Waals surface area contributed by atoms with Crippen molar-refractivity contribution >= 4 is 17.6 Å². The summed E-state index contributed by atoms with van der Waals surface area (Å²) in [5.74, 6) is 0.355. The number of benzene rings is 1. The number of hydrogen-bond donors (Lipinski definition) is 1. The van der Waals surface area contributed by atoms with Crippen molar-refractivity contribution in [1.82, 2.24) is 4.98 Å². The van der Waals surface area contributed by atoms with Crippen LogP contribution >= 0.6 is 0 Å². The highest BCUT2D eigenvalue weighted by Gasteiger charge is 2.47. The van der Waals surface area contributed by atoms with Gasteiger partial charge in [0.1, 0.15) is 5.75 Å². The fraction of sp³-hybridized carbons (Fsp3) is 0.350. The summed E-state index contributed by atoms with van der Waals surface area (Å²) in [6.45, 7) is 0. The van der Waals surface area contributed by atoms with E-state index in [9.17, 15) is 9.59 Å². The third-order valence-electron chi connectivity index (χ3n) is 5.22. The molecule has 5 heteroatoms. The number of hydrogen-bond acceptors (Lipinski definition) is 4. The Morgan fingerprint density at radius 3 is 2.76 bits per heavy atom. The van der Waals surface area contributed by atoms with Gasteiger partial charge in [-0.15, -0.1) is 0 Å². The zero-order valence-corrected chi connectivity index (χ0v) is 14.0. The van der Waals surface area contributed by atoms with Gasteiger partial charge in [-0.05, 0) is 61.1 Å². The van der Waals surface area contributed by atoms with E-state index in [-0.39, 0.29) is 11.9 Å². The molecular weight excluding hydrogens is 316 g/mol. The molecule has 0 saturated heterocycles. The van der Waals surface area contributed by atoms with Gasteiger partial charge < -0.3 is 10.1 Å². The van der Waals surface area contributed by atoms with E-state index >= 15 is 0 Å². The maximum absolute atomic E-state index is 12.9. The monoisotopic (exact) mass is 336 g/mol. The molecule has 2 aliphatic rings. The van der Waals surface area contributed by atoms with Crippen molar-refractivity contribution in [2.75, 3.05) is 5.32 Å². The van der Waals surface area contributed by atoms with Crippen molar-refractivity contribution in [3.05, 3.63) is 53.9 Å². The Hall–Kier alpha value is -2.69. The number of amides is 1. The fourth-order valence-electron chi connectivity index (χ4n) is 3.61. The number of aryl methyl sites for hydroxylation is 1. The minimum atomic E-state index is -0.574. The third kappa shape index (κ3) is 2.90. The number of ether oxygens (including phenoxy) is 1. The van der Waals surface area contributed by atoms with Gasteiger partial charge in [0.15, 0.2) is 0 Å². The number of carbonyl (C=O) groups excluding carboxylic acids is 2. The molecular formula is C20H20N2O3. The number of anilines is 1. The molecule has 2 aromatic rings. The maximum atomic E-state index is 12.9. The number of nitrogens with zero attached hydrogens (tertiary/aromatic N) is 1. The summed E-state index contributed by atoms with van der Waals surface area (Å²) in [4.78, 5) is 28.7. The summed E-state index contributed by atoms with van der Waals surface area (Å²) in [7, 11) is 0. The molecule has 2 heterocycles. The van der Waals surface area contributed by atoms with Crippen molar-refractivity contribution < 1.29 is 14.3 Å². The zero-order chi connectivity index (χ0) is 17.3. The zero-order valence-electron chi connectivity index (χ0n) is 14.0. The number of nitrogens with one attached hydrogen (secondary N) is 1. The molecule has 1 aromatic carbocycles. The van der Waals surface area contributed by atoms with E-state index < -0.39 is 5.41 Å². The first-order chi connectivity index (χ1) is 12.2. The first-order valence-electron chi connectivity index (χ1n) is 8.73. The van der Waals surface area contributed by atoms with Gasteiger partial charge in [-0.1, -0.05) is 12.5 Å². The van der Waals surface area contributed by atoms with Crippen LogP contribution in [-0.2, 0) is 21.4 Å². The first-order valence-corrected chi connectivity index (χ1v) is 8.73. The normalized spacial score (nSPS) is 18.3. The molecule has 0 spiro atoms. The van der Waals surface area contributed by atoms with Gasteiger partial charge in [0.25, 0.3) is 0 Å². The average molecular weight is 336 g/mol. The molecule has 1 aliphatic heterocycles. The van der Waals surface area contributed by atoms with Crippen LogP contribution in [0.5, 0.6) is 5.75 Å². The van der Waals surface area contributed by atoms with Gasteiger partial charge in [0.05, 0.1) is 5.41 Å². The predicted molar refractivity (Wildman–Crippen MR) is 93.4 cm³/mol. The Bertz CT molecular complexity index is 813. The lowest BCUT2D eigenvalue weighted by atomic mass is 9.65. The van der Waals surface area contributed by atoms with Crippen LogP contribution in [-0.4, -0.2) is 16.9 Å². The topological polar surface area (TPSA) is 68.3 Å². The van der Waals surface area contributed by atoms with Crippen LogP contribution in [0.15, 0.2) is 42.7 Å². The largest absolute Gasteiger partial charge is 0.426 e. The number of rotatable bonds is 3. The average Bonchev–Trinajstić information content (AvgIpc) is 2.75. The van der Waals surface area contributed by atoms with Gasteiger partial charge in [0.2, 0.25) is 5.91 Å². The molecule has 128 valence electrons. The highest BCUT2D eigenvalue weighted by Crippen LogP contribution is 2.44. The summed E-state index contributed by atoms with van der Waals surface area (Å²) in [5, 5.41) is 2.89. The fourth-order valence-corrected chi connectivity index (χ4v) is 3.61. The third-order valence-corrected chi connectivity index (χ3v) is 5.22. The van der Waals surface area contributed by atoms with Crippen molar-refractivity contribution in [3.63, 3.8) is 0 Å². The predicted octanol–water partition coefficient (Wildman–Crippen LogP) is 3.38. The minimum Gasteiger partial charge on any atom is -0.426 e. The molecule has 1 saturated carbocycles. The number of pyridine rings is 1. The SMILES string of the molecule is O=C1CCCc2cc(OC(=O)C3(c4cccnc4)CCC3)ccc2N1. The van der Waals surface area contributed by atoms with Crippen LogP contribution in [0.2, 0.25) is 0 Å². The molecule has 1 aromatic heterocycles. The highest BCUT2D eigenvalue weighted by molar-refractivity contribution is 5.92. The molecule has 0 atom stereocenters. The second kappa shape index (κ2) is 6.31. The minimum absolute atomic E-state index is 0.0356. The maximum Gasteiger partial charge on any atom is 0.322 e. The van der Waals surface area contributed by atoms with Crippen LogP contribution < -0.4 is 10.1 Å². The second-order valence-electron chi connectivity index (χ2n) is 6.79. The molecule has 4 rings (SSSR count). The number of esters is 1. The number of aromatic nitrogens is 1. The van der Waals surface area contributed by atoms with Crippen molar-refractivity contribution in [3.8, 4) is 5.75 Å². The van der Waals surface area contributed by atoms with Crippen molar-refractivity contribution in [2.24, 2.45) is 0 Å². The summed E-state index contributed by atoms with van der Waals surface area (Å²) in [6.07, 6.45) is 8.18. The Morgan fingerprint density at radius 1 is 1.16 bits per heavy atom. The van der Waals surface area contributed by atoms with Gasteiger partial charge in [0, 0.05) is 24.5 Å². The summed E-state index contributed by atoms with van der Waals surface area (Å²) >= 11 is 0. The van der Waals surface area contributed by atoms with E-state index in [4.69, 9.17) is 4.74 Å². The van der Waals surface area contributed by atoms with Crippen molar-refractivity contribution in [2.45, 2.75) is 43.9 Å². The van der Waals surface area contributed by atoms with E-state index in [0.29, 0.717) is 12.2 Å². The van der Waals surface area contributed by atoms with Crippen LogP contribution in [0.25, 0.3) is 0 Å². The molecule has 25 heavy (non-hydrogen) atoms. The molecule has 1 N–H and O–H groups in total. The molecule has 1 fully saturated rings. The summed E-state index contributed by atoms with van der Waals surface area (Å²) in [6, 6.07) is 9.23. The van der Waals surface area contributed by atoms with Gasteiger partial charge in [-0.25, -0.2) is 0 Å². The lowest BCUT2D eigenvalue weighted by Crippen LogP contribution is -2.45. The lowest BCUT2D eigenvalue weighted by Gasteiger charge is -2.39. The van der Waals surface area contributed by atoms with E-state index in [0.717, 1.165) is 48.9 Å². The molecule has 1 aliphatic carbocycles.